The van der Waals surface area contributed by atoms with Crippen LogP contribution in [0.25, 0.3) is 0 Å². The second-order valence-corrected chi connectivity index (χ2v) is 8.39. The van der Waals surface area contributed by atoms with Crippen molar-refractivity contribution in [2.24, 2.45) is 0 Å². The molecule has 0 fully saturated rings. The van der Waals surface area contributed by atoms with E-state index in [1.165, 1.54) is 24.3 Å². The summed E-state index contributed by atoms with van der Waals surface area (Å²) in [6.45, 7) is 4.30. The van der Waals surface area contributed by atoms with E-state index in [2.05, 4.69) is 0 Å². The topological polar surface area (TPSA) is 136 Å². The van der Waals surface area contributed by atoms with Crippen molar-refractivity contribution in [2.75, 3.05) is 26.0 Å². The number of amides is 1. The maximum absolute atomic E-state index is 12.3. The Kier molecular flexibility index (Phi) is 7.69. The standard InChI is InChI=1S/C16H24N2O8S/c1-16(2,3)25-15(20)17(9-10-19)11-14(26-27(4,23)24)12-5-7-13(8-6-12)18(21)22/h5-8,14,19H,9-11H2,1-4H3. The number of ether oxygens (including phenoxy) is 1. The largest absolute Gasteiger partial charge is 0.444 e. The second kappa shape index (κ2) is 9.11. The van der Waals surface area contributed by atoms with Gasteiger partial charge in [0.2, 0.25) is 0 Å². The highest BCUT2D eigenvalue weighted by Crippen LogP contribution is 2.24. The molecule has 1 rings (SSSR count). The van der Waals surface area contributed by atoms with Crippen LogP contribution in [-0.4, -0.2) is 61.0 Å². The van der Waals surface area contributed by atoms with Crippen LogP contribution in [0, 0.1) is 10.1 Å². The van der Waals surface area contributed by atoms with Crippen molar-refractivity contribution in [3.63, 3.8) is 0 Å². The lowest BCUT2D eigenvalue weighted by Gasteiger charge is -2.29. The molecule has 27 heavy (non-hydrogen) atoms. The zero-order valence-corrected chi connectivity index (χ0v) is 16.4. The summed E-state index contributed by atoms with van der Waals surface area (Å²) >= 11 is 0. The summed E-state index contributed by atoms with van der Waals surface area (Å²) in [5.41, 5.74) is -0.639. The van der Waals surface area contributed by atoms with Crippen LogP contribution in [-0.2, 0) is 19.0 Å². The van der Waals surface area contributed by atoms with Crippen LogP contribution < -0.4 is 0 Å². The first-order chi connectivity index (χ1) is 12.3. The Labute approximate surface area is 158 Å². The van der Waals surface area contributed by atoms with Gasteiger partial charge in [-0.1, -0.05) is 0 Å². The van der Waals surface area contributed by atoms with E-state index in [0.29, 0.717) is 5.56 Å². The molecule has 0 aliphatic rings. The van der Waals surface area contributed by atoms with Crippen molar-refractivity contribution in [1.29, 1.82) is 0 Å². The molecule has 1 amide bonds. The molecule has 1 N–H and O–H groups in total. The summed E-state index contributed by atoms with van der Waals surface area (Å²) in [4.78, 5) is 23.6. The van der Waals surface area contributed by atoms with Gasteiger partial charge in [-0.3, -0.25) is 14.3 Å². The Hall–Kier alpha value is -2.24. The number of benzene rings is 1. The van der Waals surface area contributed by atoms with Crippen LogP contribution in [0.15, 0.2) is 24.3 Å². The van der Waals surface area contributed by atoms with Gasteiger partial charge >= 0.3 is 6.09 Å². The number of non-ortho nitro benzene ring substituents is 1. The predicted octanol–water partition coefficient (Wildman–Crippen LogP) is 1.84. The lowest BCUT2D eigenvalue weighted by molar-refractivity contribution is -0.384. The fourth-order valence-corrected chi connectivity index (χ4v) is 2.71. The maximum Gasteiger partial charge on any atom is 0.410 e. The first kappa shape index (κ1) is 22.8. The van der Waals surface area contributed by atoms with Gasteiger partial charge in [0.15, 0.2) is 0 Å². The number of rotatable bonds is 8. The van der Waals surface area contributed by atoms with E-state index in [0.717, 1.165) is 11.2 Å². The number of nitro groups is 1. The fraction of sp³-hybridized carbons (Fsp3) is 0.562. The lowest BCUT2D eigenvalue weighted by atomic mass is 10.1. The first-order valence-corrected chi connectivity index (χ1v) is 9.85. The molecule has 0 saturated carbocycles. The van der Waals surface area contributed by atoms with Crippen molar-refractivity contribution in [2.45, 2.75) is 32.5 Å². The Morgan fingerprint density at radius 1 is 1.30 bits per heavy atom. The normalized spacial score (nSPS) is 13.1. The van der Waals surface area contributed by atoms with E-state index in [4.69, 9.17) is 8.92 Å². The molecule has 1 atom stereocenters. The van der Waals surface area contributed by atoms with Crippen LogP contribution in [0.4, 0.5) is 10.5 Å². The average Bonchev–Trinajstić information content (AvgIpc) is 2.50. The molecule has 0 radical (unpaired) electrons. The van der Waals surface area contributed by atoms with Gasteiger partial charge in [0.05, 0.1) is 24.3 Å². The molecule has 152 valence electrons. The summed E-state index contributed by atoms with van der Waals surface area (Å²) in [6.07, 6.45) is -1.02. The fourth-order valence-electron chi connectivity index (χ4n) is 2.12. The van der Waals surface area contributed by atoms with Gasteiger partial charge in [-0.05, 0) is 38.5 Å². The maximum atomic E-state index is 12.3. The van der Waals surface area contributed by atoms with E-state index in [9.17, 15) is 28.4 Å². The number of carbonyl (C=O) groups is 1. The summed E-state index contributed by atoms with van der Waals surface area (Å²) in [7, 11) is -3.89. The minimum absolute atomic E-state index is 0.106. The SMILES string of the molecule is CC(C)(C)OC(=O)N(CCO)CC(OS(C)(=O)=O)c1ccc([N+](=O)[O-])cc1. The van der Waals surface area contributed by atoms with E-state index in [1.54, 1.807) is 20.8 Å². The number of aliphatic hydroxyl groups is 1. The van der Waals surface area contributed by atoms with E-state index >= 15 is 0 Å². The Morgan fingerprint density at radius 2 is 1.85 bits per heavy atom. The molecule has 1 unspecified atom stereocenters. The minimum atomic E-state index is -3.89. The number of nitro benzene ring substituents is 1. The Morgan fingerprint density at radius 3 is 2.26 bits per heavy atom. The van der Waals surface area contributed by atoms with E-state index in [-0.39, 0.29) is 25.4 Å². The minimum Gasteiger partial charge on any atom is -0.444 e. The smallest absolute Gasteiger partial charge is 0.410 e. The first-order valence-electron chi connectivity index (χ1n) is 8.04. The second-order valence-electron chi connectivity index (χ2n) is 6.79. The number of hydrogen-bond donors (Lipinski definition) is 1. The van der Waals surface area contributed by atoms with Crippen molar-refractivity contribution < 1.29 is 32.2 Å². The molecule has 0 heterocycles. The van der Waals surface area contributed by atoms with Crippen molar-refractivity contribution in [1.82, 2.24) is 4.90 Å². The Balaban J connectivity index is 3.13. The summed E-state index contributed by atoms with van der Waals surface area (Å²) in [5, 5.41) is 20.0. The monoisotopic (exact) mass is 404 g/mol. The third-order valence-electron chi connectivity index (χ3n) is 3.17. The molecule has 1 aromatic rings. The molecule has 1 aromatic carbocycles. The lowest BCUT2D eigenvalue weighted by Crippen LogP contribution is -2.41. The average molecular weight is 404 g/mol. The van der Waals surface area contributed by atoms with Crippen molar-refractivity contribution in [3.8, 4) is 0 Å². The molecule has 0 spiro atoms. The number of aliphatic hydroxyl groups excluding tert-OH is 1. The van der Waals surface area contributed by atoms with Gasteiger partial charge in [-0.2, -0.15) is 8.42 Å². The van der Waals surface area contributed by atoms with Gasteiger partial charge in [0, 0.05) is 18.7 Å². The Bertz CT molecular complexity index is 756. The van der Waals surface area contributed by atoms with Gasteiger partial charge < -0.3 is 14.7 Å². The van der Waals surface area contributed by atoms with Crippen molar-refractivity contribution >= 4 is 21.9 Å². The summed E-state index contributed by atoms with van der Waals surface area (Å²) in [6, 6.07) is 5.11. The molecule has 0 aliphatic heterocycles. The molecular weight excluding hydrogens is 380 g/mol. The van der Waals surface area contributed by atoms with Crippen LogP contribution in [0.1, 0.15) is 32.4 Å². The molecular formula is C16H24N2O8S. The molecule has 0 aliphatic carbocycles. The van der Waals surface area contributed by atoms with Crippen LogP contribution in [0.5, 0.6) is 0 Å². The summed E-state index contributed by atoms with van der Waals surface area (Å²) in [5.74, 6) is 0. The summed E-state index contributed by atoms with van der Waals surface area (Å²) < 4.78 is 33.5. The van der Waals surface area contributed by atoms with Crippen LogP contribution in [0.2, 0.25) is 0 Å². The third kappa shape index (κ3) is 8.33. The van der Waals surface area contributed by atoms with E-state index < -0.39 is 32.8 Å². The van der Waals surface area contributed by atoms with Crippen molar-refractivity contribution in [3.05, 3.63) is 39.9 Å². The number of nitrogens with zero attached hydrogens (tertiary/aromatic N) is 2. The van der Waals surface area contributed by atoms with Gasteiger partial charge in [-0.15, -0.1) is 0 Å². The number of carbonyl (C=O) groups excluding carboxylic acids is 1. The van der Waals surface area contributed by atoms with Gasteiger partial charge in [0.1, 0.15) is 11.7 Å². The zero-order chi connectivity index (χ0) is 20.8. The van der Waals surface area contributed by atoms with Crippen LogP contribution in [0.3, 0.4) is 0 Å². The van der Waals surface area contributed by atoms with Crippen LogP contribution >= 0.6 is 0 Å². The highest BCUT2D eigenvalue weighted by molar-refractivity contribution is 7.86. The molecule has 0 aromatic heterocycles. The zero-order valence-electron chi connectivity index (χ0n) is 15.6. The van der Waals surface area contributed by atoms with Gasteiger partial charge in [0.25, 0.3) is 15.8 Å². The highest BCUT2D eigenvalue weighted by atomic mass is 32.2. The highest BCUT2D eigenvalue weighted by Gasteiger charge is 2.27. The quantitative estimate of drug-likeness (QED) is 0.394. The molecule has 0 bridgehead atoms. The van der Waals surface area contributed by atoms with Gasteiger partial charge in [-0.25, -0.2) is 4.79 Å². The molecule has 0 saturated heterocycles. The molecule has 10 nitrogen and oxygen atoms in total. The third-order valence-corrected chi connectivity index (χ3v) is 3.76. The molecule has 11 heteroatoms. The predicted molar refractivity (Wildman–Crippen MR) is 96.7 cm³/mol. The number of hydrogen-bond acceptors (Lipinski definition) is 8. The van der Waals surface area contributed by atoms with E-state index in [1.807, 2.05) is 0 Å².